The lowest BCUT2D eigenvalue weighted by Gasteiger charge is -2.11. The second-order valence-corrected chi connectivity index (χ2v) is 4.20. The Morgan fingerprint density at radius 3 is 2.58 bits per heavy atom. The Morgan fingerprint density at radius 1 is 1.26 bits per heavy atom. The third kappa shape index (κ3) is 3.28. The van der Waals surface area contributed by atoms with Crippen LogP contribution in [0.1, 0.15) is 12.6 Å². The summed E-state index contributed by atoms with van der Waals surface area (Å²) in [6.45, 7) is 3.43. The summed E-state index contributed by atoms with van der Waals surface area (Å²) < 4.78 is 5.39. The first kappa shape index (κ1) is 13.0. The van der Waals surface area contributed by atoms with Gasteiger partial charge in [-0.05, 0) is 13.8 Å². The monoisotopic (exact) mass is 257 g/mol. The Kier molecular flexibility index (Phi) is 3.75. The van der Waals surface area contributed by atoms with Crippen LogP contribution in [-0.2, 0) is 4.79 Å². The number of rotatable bonds is 4. The molecule has 2 aromatic rings. The van der Waals surface area contributed by atoms with Gasteiger partial charge in [0.1, 0.15) is 0 Å². The van der Waals surface area contributed by atoms with Crippen LogP contribution < -0.4 is 10.5 Å². The van der Waals surface area contributed by atoms with Crippen molar-refractivity contribution in [3.8, 4) is 17.3 Å². The van der Waals surface area contributed by atoms with Gasteiger partial charge in [0.2, 0.25) is 5.88 Å². The van der Waals surface area contributed by atoms with E-state index < -0.39 is 12.0 Å². The van der Waals surface area contributed by atoms with Crippen molar-refractivity contribution in [2.75, 3.05) is 0 Å². The van der Waals surface area contributed by atoms with Crippen molar-refractivity contribution in [2.45, 2.75) is 20.0 Å². The van der Waals surface area contributed by atoms with Crippen molar-refractivity contribution in [3.05, 3.63) is 42.1 Å². The second kappa shape index (κ2) is 5.48. The molecule has 1 atom stereocenters. The van der Waals surface area contributed by atoms with Crippen LogP contribution in [0.4, 0.5) is 0 Å². The molecular weight excluding hydrogens is 242 g/mol. The second-order valence-electron chi connectivity index (χ2n) is 4.20. The van der Waals surface area contributed by atoms with Crippen LogP contribution in [0.2, 0.25) is 0 Å². The smallest absolute Gasteiger partial charge is 0.258 e. The fourth-order valence-corrected chi connectivity index (χ4v) is 1.56. The number of nitrogens with two attached hydrogens (primary N) is 1. The fraction of sp³-hybridized carbons (Fsp3) is 0.214. The lowest BCUT2D eigenvalue weighted by atomic mass is 10.2. The predicted molar refractivity (Wildman–Crippen MR) is 71.5 cm³/mol. The highest BCUT2D eigenvalue weighted by Crippen LogP contribution is 2.19. The molecule has 0 saturated carbocycles. The SMILES string of the molecule is Cc1cc(O[C@@H](C)C(N)=O)nc(-c2ccccc2)n1. The van der Waals surface area contributed by atoms with E-state index in [1.54, 1.807) is 13.0 Å². The van der Waals surface area contributed by atoms with Gasteiger partial charge in [0.25, 0.3) is 5.91 Å². The molecule has 0 aliphatic heterocycles. The molecule has 1 heterocycles. The number of ether oxygens (including phenoxy) is 1. The molecule has 1 aromatic carbocycles. The number of carbonyl (C=O) groups excluding carboxylic acids is 1. The molecule has 19 heavy (non-hydrogen) atoms. The van der Waals surface area contributed by atoms with Crippen molar-refractivity contribution in [1.82, 2.24) is 9.97 Å². The highest BCUT2D eigenvalue weighted by Gasteiger charge is 2.13. The topological polar surface area (TPSA) is 78.1 Å². The number of aromatic nitrogens is 2. The number of benzene rings is 1. The summed E-state index contributed by atoms with van der Waals surface area (Å²) >= 11 is 0. The molecule has 5 heteroatoms. The molecular formula is C14H15N3O2. The summed E-state index contributed by atoms with van der Waals surface area (Å²) in [4.78, 5) is 19.6. The molecule has 0 spiro atoms. The molecule has 0 fully saturated rings. The molecule has 0 bridgehead atoms. The molecule has 2 rings (SSSR count). The normalized spacial score (nSPS) is 11.9. The van der Waals surface area contributed by atoms with Crippen LogP contribution in [0.15, 0.2) is 36.4 Å². The van der Waals surface area contributed by atoms with Gasteiger partial charge in [0.05, 0.1) is 0 Å². The van der Waals surface area contributed by atoms with Gasteiger partial charge in [0.15, 0.2) is 11.9 Å². The van der Waals surface area contributed by atoms with Gasteiger partial charge in [-0.2, -0.15) is 4.98 Å². The van der Waals surface area contributed by atoms with E-state index in [9.17, 15) is 4.79 Å². The third-order valence-corrected chi connectivity index (χ3v) is 2.56. The summed E-state index contributed by atoms with van der Waals surface area (Å²) in [5.74, 6) is 0.377. The number of carbonyl (C=O) groups is 1. The number of hydrogen-bond donors (Lipinski definition) is 1. The third-order valence-electron chi connectivity index (χ3n) is 2.56. The molecule has 2 N–H and O–H groups in total. The highest BCUT2D eigenvalue weighted by molar-refractivity contribution is 5.78. The summed E-state index contributed by atoms with van der Waals surface area (Å²) in [5, 5.41) is 0. The van der Waals surface area contributed by atoms with E-state index in [0.717, 1.165) is 11.3 Å². The number of primary amides is 1. The van der Waals surface area contributed by atoms with Crippen LogP contribution >= 0.6 is 0 Å². The van der Waals surface area contributed by atoms with E-state index in [4.69, 9.17) is 10.5 Å². The molecule has 0 unspecified atom stereocenters. The Hall–Kier alpha value is -2.43. The minimum absolute atomic E-state index is 0.345. The Balaban J connectivity index is 2.32. The first-order chi connectivity index (χ1) is 9.06. The molecule has 0 aliphatic carbocycles. The molecule has 0 radical (unpaired) electrons. The zero-order chi connectivity index (χ0) is 13.8. The van der Waals surface area contributed by atoms with Crippen LogP contribution in [0, 0.1) is 6.92 Å². The molecule has 98 valence electrons. The van der Waals surface area contributed by atoms with Crippen molar-refractivity contribution in [3.63, 3.8) is 0 Å². The van der Waals surface area contributed by atoms with Crippen LogP contribution in [0.25, 0.3) is 11.4 Å². The zero-order valence-corrected chi connectivity index (χ0v) is 10.8. The Bertz CT molecular complexity index is 584. The van der Waals surface area contributed by atoms with Gasteiger partial charge in [-0.25, -0.2) is 4.98 Å². The summed E-state index contributed by atoms with van der Waals surface area (Å²) in [6.07, 6.45) is -0.724. The van der Waals surface area contributed by atoms with Gasteiger partial charge in [-0.1, -0.05) is 30.3 Å². The maximum atomic E-state index is 11.0. The van der Waals surface area contributed by atoms with Gasteiger partial charge in [-0.15, -0.1) is 0 Å². The Labute approximate surface area is 111 Å². The molecule has 1 aromatic heterocycles. The minimum atomic E-state index is -0.724. The number of aryl methyl sites for hydroxylation is 1. The maximum absolute atomic E-state index is 11.0. The van der Waals surface area contributed by atoms with Crippen molar-refractivity contribution in [1.29, 1.82) is 0 Å². The maximum Gasteiger partial charge on any atom is 0.258 e. The van der Waals surface area contributed by atoms with Crippen LogP contribution in [0.3, 0.4) is 0 Å². The van der Waals surface area contributed by atoms with Gasteiger partial charge in [-0.3, -0.25) is 4.79 Å². The average Bonchev–Trinajstić information content (AvgIpc) is 2.39. The van der Waals surface area contributed by atoms with Crippen LogP contribution in [0.5, 0.6) is 5.88 Å². The summed E-state index contributed by atoms with van der Waals surface area (Å²) in [5.41, 5.74) is 6.82. The lowest BCUT2D eigenvalue weighted by molar-refractivity contribution is -0.124. The van der Waals surface area contributed by atoms with Gasteiger partial charge in [0, 0.05) is 17.3 Å². The van der Waals surface area contributed by atoms with Crippen molar-refractivity contribution in [2.24, 2.45) is 5.73 Å². The zero-order valence-electron chi connectivity index (χ0n) is 10.8. The lowest BCUT2D eigenvalue weighted by Crippen LogP contribution is -2.31. The standard InChI is InChI=1S/C14H15N3O2/c1-9-8-12(19-10(2)13(15)18)17-14(16-9)11-6-4-3-5-7-11/h3-8,10H,1-2H3,(H2,15,18)/t10-/m0/s1. The number of amides is 1. The predicted octanol–water partition coefficient (Wildman–Crippen LogP) is 1.70. The van der Waals surface area contributed by atoms with E-state index in [1.165, 1.54) is 0 Å². The number of nitrogens with zero attached hydrogens (tertiary/aromatic N) is 2. The fourth-order valence-electron chi connectivity index (χ4n) is 1.56. The van der Waals surface area contributed by atoms with Crippen molar-refractivity contribution < 1.29 is 9.53 Å². The quantitative estimate of drug-likeness (QED) is 0.904. The van der Waals surface area contributed by atoms with Gasteiger partial charge < -0.3 is 10.5 Å². The summed E-state index contributed by atoms with van der Waals surface area (Å²) in [7, 11) is 0. The molecule has 1 amide bonds. The average molecular weight is 257 g/mol. The molecule has 0 saturated heterocycles. The minimum Gasteiger partial charge on any atom is -0.464 e. The van der Waals surface area contributed by atoms with E-state index >= 15 is 0 Å². The van der Waals surface area contributed by atoms with Crippen molar-refractivity contribution >= 4 is 5.91 Å². The molecule has 0 aliphatic rings. The first-order valence-corrected chi connectivity index (χ1v) is 5.93. The van der Waals surface area contributed by atoms with Gasteiger partial charge >= 0.3 is 0 Å². The van der Waals surface area contributed by atoms with Crippen LogP contribution in [-0.4, -0.2) is 22.0 Å². The van der Waals surface area contributed by atoms with E-state index in [2.05, 4.69) is 9.97 Å². The van der Waals surface area contributed by atoms with E-state index in [0.29, 0.717) is 11.7 Å². The first-order valence-electron chi connectivity index (χ1n) is 5.93. The largest absolute Gasteiger partial charge is 0.464 e. The Morgan fingerprint density at radius 2 is 1.95 bits per heavy atom. The molecule has 5 nitrogen and oxygen atoms in total. The van der Waals surface area contributed by atoms with E-state index in [-0.39, 0.29) is 0 Å². The number of hydrogen-bond acceptors (Lipinski definition) is 4. The summed E-state index contributed by atoms with van der Waals surface area (Å²) in [6, 6.07) is 11.2. The highest BCUT2D eigenvalue weighted by atomic mass is 16.5. The van der Waals surface area contributed by atoms with E-state index in [1.807, 2.05) is 37.3 Å².